The average molecular weight is 278 g/mol. The van der Waals surface area contributed by atoms with Crippen molar-refractivity contribution in [3.05, 3.63) is 41.7 Å². The zero-order valence-electron chi connectivity index (χ0n) is 11.4. The highest BCUT2D eigenvalue weighted by atomic mass is 19.1. The Bertz CT molecular complexity index is 627. The monoisotopic (exact) mass is 278 g/mol. The maximum atomic E-state index is 13.8. The van der Waals surface area contributed by atoms with E-state index in [-0.39, 0.29) is 11.6 Å². The minimum absolute atomic E-state index is 0.0418. The third kappa shape index (κ3) is 2.76. The quantitative estimate of drug-likeness (QED) is 0.919. The van der Waals surface area contributed by atoms with E-state index < -0.39 is 11.7 Å². The van der Waals surface area contributed by atoms with Crippen molar-refractivity contribution < 1.29 is 13.9 Å². The lowest BCUT2D eigenvalue weighted by Crippen LogP contribution is -2.29. The summed E-state index contributed by atoms with van der Waals surface area (Å²) in [4.78, 5) is 12.0. The Labute approximate surface area is 115 Å². The van der Waals surface area contributed by atoms with Crippen LogP contribution in [0.4, 0.5) is 4.39 Å². The van der Waals surface area contributed by atoms with Gasteiger partial charge >= 0.3 is 0 Å². The molecule has 0 unspecified atom stereocenters. The molecule has 0 aliphatic carbocycles. The summed E-state index contributed by atoms with van der Waals surface area (Å²) in [6.45, 7) is 1.75. The van der Waals surface area contributed by atoms with Crippen molar-refractivity contribution in [3.8, 4) is 5.75 Å². The molecule has 0 saturated heterocycles. The number of hydrogen-bond donors (Lipinski definition) is 1. The maximum Gasteiger partial charge on any atom is 0.254 e. The fourth-order valence-electron chi connectivity index (χ4n) is 1.83. The minimum Gasteiger partial charge on any atom is -0.497 e. The van der Waals surface area contributed by atoms with Crippen LogP contribution in [0.5, 0.6) is 5.75 Å². The number of benzene rings is 1. The van der Waals surface area contributed by atoms with E-state index in [1.54, 1.807) is 18.5 Å². The summed E-state index contributed by atoms with van der Waals surface area (Å²) >= 11 is 0. The van der Waals surface area contributed by atoms with Gasteiger partial charge in [-0.1, -0.05) is 0 Å². The predicted molar refractivity (Wildman–Crippen MR) is 69.8 cm³/mol. The van der Waals surface area contributed by atoms with Gasteiger partial charge in [0.15, 0.2) is 5.82 Å². The smallest absolute Gasteiger partial charge is 0.254 e. The zero-order chi connectivity index (χ0) is 14.7. The van der Waals surface area contributed by atoms with E-state index in [0.717, 1.165) is 0 Å². The first-order valence-electron chi connectivity index (χ1n) is 6.01. The number of carbonyl (C=O) groups excluding carboxylic acids is 1. The molecule has 6 nitrogen and oxygen atoms in total. The Balaban J connectivity index is 2.14. The second-order valence-electron chi connectivity index (χ2n) is 4.34. The van der Waals surface area contributed by atoms with Gasteiger partial charge in [-0.2, -0.15) is 0 Å². The van der Waals surface area contributed by atoms with Gasteiger partial charge in [-0.15, -0.1) is 10.2 Å². The number of nitrogens with zero attached hydrogens (tertiary/aromatic N) is 3. The lowest BCUT2D eigenvalue weighted by molar-refractivity contribution is 0.0933. The molecule has 1 amide bonds. The molecule has 0 saturated carbocycles. The molecule has 7 heteroatoms. The summed E-state index contributed by atoms with van der Waals surface area (Å²) in [7, 11) is 3.20. The Kier molecular flexibility index (Phi) is 3.97. The Morgan fingerprint density at radius 2 is 2.25 bits per heavy atom. The average Bonchev–Trinajstić information content (AvgIpc) is 2.84. The van der Waals surface area contributed by atoms with Crippen molar-refractivity contribution in [2.75, 3.05) is 7.11 Å². The van der Waals surface area contributed by atoms with Crippen molar-refractivity contribution in [1.82, 2.24) is 20.1 Å². The molecule has 1 aromatic heterocycles. The third-order valence-corrected chi connectivity index (χ3v) is 2.90. The van der Waals surface area contributed by atoms with Crippen molar-refractivity contribution in [1.29, 1.82) is 0 Å². The molecule has 0 aliphatic heterocycles. The molecule has 1 atom stereocenters. The first kappa shape index (κ1) is 14.0. The number of rotatable bonds is 4. The Morgan fingerprint density at radius 3 is 2.80 bits per heavy atom. The number of nitrogens with one attached hydrogen (secondary N) is 1. The van der Waals surface area contributed by atoms with Gasteiger partial charge in [-0.3, -0.25) is 4.79 Å². The van der Waals surface area contributed by atoms with E-state index in [9.17, 15) is 9.18 Å². The lowest BCUT2D eigenvalue weighted by atomic mass is 10.1. The standard InChI is InChI=1S/C13H15FN4O2/c1-8(12-17-15-7-18(12)2)16-13(19)10-5-4-9(20-3)6-11(10)14/h4-8H,1-3H3,(H,16,19)/t8-/m0/s1. The summed E-state index contributed by atoms with van der Waals surface area (Å²) in [6.07, 6.45) is 1.53. The van der Waals surface area contributed by atoms with E-state index in [0.29, 0.717) is 11.6 Å². The van der Waals surface area contributed by atoms with Gasteiger partial charge in [0.25, 0.3) is 5.91 Å². The van der Waals surface area contributed by atoms with Crippen LogP contribution in [0.3, 0.4) is 0 Å². The van der Waals surface area contributed by atoms with Gasteiger partial charge in [0.05, 0.1) is 18.7 Å². The van der Waals surface area contributed by atoms with Gasteiger partial charge in [-0.25, -0.2) is 4.39 Å². The topological polar surface area (TPSA) is 69.0 Å². The Morgan fingerprint density at radius 1 is 1.50 bits per heavy atom. The summed E-state index contributed by atoms with van der Waals surface area (Å²) in [5.41, 5.74) is -0.0418. The fourth-order valence-corrected chi connectivity index (χ4v) is 1.83. The van der Waals surface area contributed by atoms with Gasteiger partial charge in [0, 0.05) is 13.1 Å². The van der Waals surface area contributed by atoms with Crippen LogP contribution in [0, 0.1) is 5.82 Å². The first-order chi connectivity index (χ1) is 9.52. The molecule has 106 valence electrons. The molecule has 20 heavy (non-hydrogen) atoms. The van der Waals surface area contributed by atoms with Crippen LogP contribution in [0.2, 0.25) is 0 Å². The summed E-state index contributed by atoms with van der Waals surface area (Å²) < 4.78 is 20.4. The molecular weight excluding hydrogens is 263 g/mol. The van der Waals surface area contributed by atoms with Crippen LogP contribution in [-0.2, 0) is 7.05 Å². The number of amides is 1. The lowest BCUT2D eigenvalue weighted by Gasteiger charge is -2.13. The SMILES string of the molecule is COc1ccc(C(=O)N[C@@H](C)c2nncn2C)c(F)c1. The second-order valence-corrected chi connectivity index (χ2v) is 4.34. The number of carbonyl (C=O) groups is 1. The highest BCUT2D eigenvalue weighted by Crippen LogP contribution is 2.17. The highest BCUT2D eigenvalue weighted by molar-refractivity contribution is 5.94. The van der Waals surface area contributed by atoms with Gasteiger partial charge in [0.2, 0.25) is 0 Å². The summed E-state index contributed by atoms with van der Waals surface area (Å²) in [5.74, 6) is -0.194. The van der Waals surface area contributed by atoms with Gasteiger partial charge < -0.3 is 14.6 Å². The highest BCUT2D eigenvalue weighted by Gasteiger charge is 2.18. The van der Waals surface area contributed by atoms with E-state index in [1.807, 2.05) is 0 Å². The van der Waals surface area contributed by atoms with Gasteiger partial charge in [0.1, 0.15) is 17.9 Å². The first-order valence-corrected chi connectivity index (χ1v) is 6.01. The predicted octanol–water partition coefficient (Wildman–Crippen LogP) is 1.45. The summed E-state index contributed by atoms with van der Waals surface area (Å²) in [5, 5.41) is 10.3. The molecule has 0 radical (unpaired) electrons. The van der Waals surface area contributed by atoms with Crippen LogP contribution >= 0.6 is 0 Å². The van der Waals surface area contributed by atoms with Crippen molar-refractivity contribution in [2.45, 2.75) is 13.0 Å². The Hall–Kier alpha value is -2.44. The van der Waals surface area contributed by atoms with E-state index >= 15 is 0 Å². The number of aromatic nitrogens is 3. The fraction of sp³-hybridized carbons (Fsp3) is 0.308. The molecule has 1 heterocycles. The number of halogens is 1. The van der Waals surface area contributed by atoms with Crippen LogP contribution in [-0.4, -0.2) is 27.8 Å². The minimum atomic E-state index is -0.632. The number of aryl methyl sites for hydroxylation is 1. The number of methoxy groups -OCH3 is 1. The number of ether oxygens (including phenoxy) is 1. The van der Waals surface area contributed by atoms with Crippen molar-refractivity contribution >= 4 is 5.91 Å². The van der Waals surface area contributed by atoms with E-state index in [4.69, 9.17) is 4.74 Å². The van der Waals surface area contributed by atoms with E-state index in [2.05, 4.69) is 15.5 Å². The molecule has 1 N–H and O–H groups in total. The molecule has 2 rings (SSSR count). The molecule has 0 bridgehead atoms. The van der Waals surface area contributed by atoms with Crippen molar-refractivity contribution in [2.24, 2.45) is 7.05 Å². The second kappa shape index (κ2) is 5.68. The van der Waals surface area contributed by atoms with Gasteiger partial charge in [-0.05, 0) is 19.1 Å². The third-order valence-electron chi connectivity index (χ3n) is 2.90. The van der Waals surface area contributed by atoms with Crippen LogP contribution < -0.4 is 10.1 Å². The van der Waals surface area contributed by atoms with Crippen LogP contribution in [0.1, 0.15) is 29.1 Å². The van der Waals surface area contributed by atoms with E-state index in [1.165, 1.54) is 31.6 Å². The summed E-state index contributed by atoms with van der Waals surface area (Å²) in [6, 6.07) is 3.70. The normalized spacial score (nSPS) is 12.0. The molecule has 1 aromatic carbocycles. The van der Waals surface area contributed by atoms with Crippen LogP contribution in [0.25, 0.3) is 0 Å². The zero-order valence-corrected chi connectivity index (χ0v) is 11.4. The maximum absolute atomic E-state index is 13.8. The molecule has 0 fully saturated rings. The number of hydrogen-bond acceptors (Lipinski definition) is 4. The molecule has 2 aromatic rings. The molecular formula is C13H15FN4O2. The largest absolute Gasteiger partial charge is 0.497 e. The van der Waals surface area contributed by atoms with Crippen molar-refractivity contribution in [3.63, 3.8) is 0 Å². The molecule has 0 spiro atoms. The van der Waals surface area contributed by atoms with Crippen LogP contribution in [0.15, 0.2) is 24.5 Å². The molecule has 0 aliphatic rings.